The van der Waals surface area contributed by atoms with E-state index in [0.717, 1.165) is 11.8 Å². The van der Waals surface area contributed by atoms with E-state index in [9.17, 15) is 9.59 Å². The van der Waals surface area contributed by atoms with Gasteiger partial charge < -0.3 is 30.1 Å². The van der Waals surface area contributed by atoms with Crippen LogP contribution in [0.15, 0.2) is 42.6 Å². The van der Waals surface area contributed by atoms with Crippen LogP contribution in [0.4, 0.5) is 33.0 Å². The van der Waals surface area contributed by atoms with Crippen molar-refractivity contribution in [3.05, 3.63) is 65.1 Å². The Morgan fingerprint density at radius 2 is 1.85 bits per heavy atom. The largest absolute Gasteiger partial charge is 0.543 e. The van der Waals surface area contributed by atoms with Crippen LogP contribution in [-0.2, 0) is 11.3 Å². The van der Waals surface area contributed by atoms with E-state index < -0.39 is 14.1 Å². The van der Waals surface area contributed by atoms with Crippen molar-refractivity contribution in [2.75, 3.05) is 29.5 Å². The van der Waals surface area contributed by atoms with E-state index in [4.69, 9.17) is 4.43 Å². The number of benzene rings is 2. The van der Waals surface area contributed by atoms with Crippen molar-refractivity contribution in [1.82, 2.24) is 9.88 Å². The molecular weight excluding hydrogens is 525 g/mol. The average molecular weight is 564 g/mol. The highest BCUT2D eigenvalue weighted by molar-refractivity contribution is 6.74. The molecule has 8 nitrogen and oxygen atoms in total. The molecule has 2 heterocycles. The molecule has 0 radical (unpaired) electrons. The summed E-state index contributed by atoms with van der Waals surface area (Å²) in [6.07, 6.45) is 2.93. The zero-order chi connectivity index (χ0) is 29.2. The smallest absolute Gasteiger partial charge is 0.261 e. The molecule has 0 spiro atoms. The van der Waals surface area contributed by atoms with E-state index in [1.807, 2.05) is 37.1 Å². The van der Waals surface area contributed by atoms with E-state index >= 15 is 4.39 Å². The summed E-state index contributed by atoms with van der Waals surface area (Å²) in [5, 5.41) is 9.32. The lowest BCUT2D eigenvalue weighted by atomic mass is 10.1. The fraction of sp³-hybridized carbons (Fsp3) is 0.367. The molecule has 1 aliphatic heterocycles. The molecular formula is C30H38FN5O3Si. The number of aryl methyl sites for hydroxylation is 1. The lowest BCUT2D eigenvalue weighted by Gasteiger charge is -2.37. The van der Waals surface area contributed by atoms with Crippen LogP contribution in [0.5, 0.6) is 5.75 Å². The van der Waals surface area contributed by atoms with Crippen molar-refractivity contribution in [2.24, 2.45) is 0 Å². The summed E-state index contributed by atoms with van der Waals surface area (Å²) in [7, 11) is -0.221. The molecule has 3 N–H and O–H groups in total. The summed E-state index contributed by atoms with van der Waals surface area (Å²) >= 11 is 0. The van der Waals surface area contributed by atoms with Crippen LogP contribution in [0.1, 0.15) is 48.7 Å². The van der Waals surface area contributed by atoms with Crippen LogP contribution < -0.4 is 20.4 Å². The summed E-state index contributed by atoms with van der Waals surface area (Å²) < 4.78 is 21.7. The number of hydrogen-bond acceptors (Lipinski definition) is 7. The van der Waals surface area contributed by atoms with Gasteiger partial charge in [0, 0.05) is 31.8 Å². The van der Waals surface area contributed by atoms with Gasteiger partial charge in [-0.3, -0.25) is 4.79 Å². The number of nitrogens with zero attached hydrogens (tertiary/aromatic N) is 2. The molecule has 0 unspecified atom stereocenters. The summed E-state index contributed by atoms with van der Waals surface area (Å²) in [5.74, 6) is 0.173. The van der Waals surface area contributed by atoms with Crippen molar-refractivity contribution >= 4 is 49.1 Å². The Morgan fingerprint density at radius 3 is 2.55 bits per heavy atom. The van der Waals surface area contributed by atoms with Gasteiger partial charge in [-0.1, -0.05) is 26.8 Å². The van der Waals surface area contributed by atoms with Crippen LogP contribution in [0.25, 0.3) is 0 Å². The van der Waals surface area contributed by atoms with Crippen LogP contribution in [0.3, 0.4) is 0 Å². The van der Waals surface area contributed by atoms with Gasteiger partial charge in [0.2, 0.25) is 8.32 Å². The fourth-order valence-electron chi connectivity index (χ4n) is 4.20. The molecule has 0 saturated carbocycles. The number of carbonyl (C=O) groups excluding carboxylic acids is 2. The summed E-state index contributed by atoms with van der Waals surface area (Å²) in [6, 6.07) is 10.5. The minimum Gasteiger partial charge on any atom is -0.543 e. The number of carbonyl (C=O) groups is 2. The van der Waals surface area contributed by atoms with Gasteiger partial charge in [-0.05, 0) is 67.5 Å². The highest BCUT2D eigenvalue weighted by Crippen LogP contribution is 2.40. The molecule has 4 rings (SSSR count). The predicted octanol–water partition coefficient (Wildman–Crippen LogP) is 6.99. The van der Waals surface area contributed by atoms with Crippen molar-refractivity contribution in [3.63, 3.8) is 0 Å². The third kappa shape index (κ3) is 6.34. The first-order valence-electron chi connectivity index (χ1n) is 13.4. The number of rotatable bonds is 9. The third-order valence-electron chi connectivity index (χ3n) is 7.55. The second kappa shape index (κ2) is 11.4. The predicted molar refractivity (Wildman–Crippen MR) is 161 cm³/mol. The van der Waals surface area contributed by atoms with Gasteiger partial charge in [-0.15, -0.1) is 0 Å². The minimum absolute atomic E-state index is 0.0204. The molecule has 1 amide bonds. The first-order chi connectivity index (χ1) is 18.8. The maximum Gasteiger partial charge on any atom is 0.261 e. The highest BCUT2D eigenvalue weighted by atomic mass is 28.4. The average Bonchev–Trinajstić information content (AvgIpc) is 3.00. The quantitative estimate of drug-likeness (QED) is 0.191. The molecule has 2 aromatic carbocycles. The third-order valence-corrected chi connectivity index (χ3v) is 11.9. The Labute approximate surface area is 236 Å². The number of halogens is 1. The molecule has 1 aliphatic rings. The molecule has 40 heavy (non-hydrogen) atoms. The molecule has 0 fully saturated rings. The molecule has 0 aliphatic carbocycles. The Bertz CT molecular complexity index is 1440. The van der Waals surface area contributed by atoms with Gasteiger partial charge in [0.05, 0.1) is 22.7 Å². The maximum absolute atomic E-state index is 15.2. The highest BCUT2D eigenvalue weighted by Gasteiger charge is 2.39. The molecule has 212 valence electrons. The standard InChI is InChI=1S/C30H38FN5O3Si/c1-19-15-21(31)24(17-26(19)39-40(6,7)30(2,3)4)33-23-11-12-32-28-27(23)29(38)35-25-16-20(9-10-22(25)34-28)18-36(5)13-8-14-37/h9-12,14-17H,8,13,18H2,1-7H3,(H,35,38)(H2,32,33,34). The maximum atomic E-state index is 15.2. The van der Waals surface area contributed by atoms with Crippen molar-refractivity contribution < 1.29 is 18.4 Å². The topological polar surface area (TPSA) is 95.6 Å². The number of aromatic nitrogens is 1. The Hall–Kier alpha value is -3.76. The van der Waals surface area contributed by atoms with Gasteiger partial charge in [-0.2, -0.15) is 0 Å². The van der Waals surface area contributed by atoms with E-state index in [1.165, 1.54) is 6.07 Å². The van der Waals surface area contributed by atoms with Crippen molar-refractivity contribution in [2.45, 2.75) is 58.8 Å². The first-order valence-corrected chi connectivity index (χ1v) is 16.3. The van der Waals surface area contributed by atoms with E-state index in [-0.39, 0.29) is 22.2 Å². The molecule has 3 aromatic rings. The van der Waals surface area contributed by atoms with Gasteiger partial charge in [0.25, 0.3) is 5.91 Å². The van der Waals surface area contributed by atoms with Gasteiger partial charge in [0.1, 0.15) is 29.2 Å². The van der Waals surface area contributed by atoms with Crippen LogP contribution in [0.2, 0.25) is 18.1 Å². The molecule has 0 bridgehead atoms. The second-order valence-corrected chi connectivity index (χ2v) is 16.5. The van der Waals surface area contributed by atoms with Gasteiger partial charge in [0.15, 0.2) is 0 Å². The number of fused-ring (bicyclic) bond motifs is 2. The normalized spacial score (nSPS) is 13.1. The summed E-state index contributed by atoms with van der Waals surface area (Å²) in [5.41, 5.74) is 3.91. The number of aldehydes is 1. The minimum atomic E-state index is -2.16. The Kier molecular flexibility index (Phi) is 8.32. The lowest BCUT2D eigenvalue weighted by molar-refractivity contribution is -0.108. The number of hydrogen-bond donors (Lipinski definition) is 3. The number of anilines is 5. The van der Waals surface area contributed by atoms with Crippen molar-refractivity contribution in [1.29, 1.82) is 0 Å². The SMILES string of the molecule is Cc1cc(F)c(Nc2ccnc3c2C(=O)Nc2cc(CN(C)CCC=O)ccc2N3)cc1O[Si](C)(C)C(C)(C)C. The zero-order valence-electron chi connectivity index (χ0n) is 24.2. The van der Waals surface area contributed by atoms with Crippen LogP contribution in [-0.4, -0.2) is 44.0 Å². The van der Waals surface area contributed by atoms with Crippen LogP contribution in [0, 0.1) is 12.7 Å². The summed E-state index contributed by atoms with van der Waals surface area (Å²) in [4.78, 5) is 30.6. The van der Waals surface area contributed by atoms with Gasteiger partial charge >= 0.3 is 0 Å². The lowest BCUT2D eigenvalue weighted by Crippen LogP contribution is -2.44. The molecule has 1 aromatic heterocycles. The molecule has 0 saturated heterocycles. The number of amides is 1. The first kappa shape index (κ1) is 29.2. The molecule has 10 heteroatoms. The molecule has 0 atom stereocenters. The fourth-order valence-corrected chi connectivity index (χ4v) is 5.28. The van der Waals surface area contributed by atoms with E-state index in [1.54, 1.807) is 18.3 Å². The van der Waals surface area contributed by atoms with Crippen LogP contribution >= 0.6 is 0 Å². The van der Waals surface area contributed by atoms with Crippen molar-refractivity contribution in [3.8, 4) is 5.75 Å². The Balaban J connectivity index is 1.62. The van der Waals surface area contributed by atoms with E-state index in [2.05, 4.69) is 54.8 Å². The monoisotopic (exact) mass is 563 g/mol. The Morgan fingerprint density at radius 1 is 1.10 bits per heavy atom. The summed E-state index contributed by atoms with van der Waals surface area (Å²) in [6.45, 7) is 13.9. The van der Waals surface area contributed by atoms with E-state index in [0.29, 0.717) is 53.7 Å². The van der Waals surface area contributed by atoms with Gasteiger partial charge in [-0.25, -0.2) is 9.37 Å². The zero-order valence-corrected chi connectivity index (χ0v) is 25.2. The number of pyridine rings is 1. The second-order valence-electron chi connectivity index (χ2n) is 11.8. The number of nitrogens with one attached hydrogen (secondary N) is 3.